The number of ether oxygens (including phenoxy) is 1. The first kappa shape index (κ1) is 18.3. The maximum Gasteiger partial charge on any atom is 0.417 e. The van der Waals surface area contributed by atoms with Crippen LogP contribution in [0.4, 0.5) is 22.0 Å². The molecule has 2 aromatic carbocycles. The zero-order valence-electron chi connectivity index (χ0n) is 12.3. The zero-order valence-corrected chi connectivity index (χ0v) is 12.3. The van der Waals surface area contributed by atoms with Gasteiger partial charge in [0.05, 0.1) is 5.56 Å². The van der Waals surface area contributed by atoms with Gasteiger partial charge in [0, 0.05) is 11.5 Å². The highest BCUT2D eigenvalue weighted by Gasteiger charge is 2.33. The number of benzene rings is 2. The molecule has 0 spiro atoms. The number of carbonyl (C=O) groups is 1. The maximum absolute atomic E-state index is 13.3. The molecule has 0 bridgehead atoms. The van der Waals surface area contributed by atoms with Gasteiger partial charge in [-0.15, -0.1) is 0 Å². The van der Waals surface area contributed by atoms with Gasteiger partial charge in [-0.05, 0) is 35.4 Å². The van der Waals surface area contributed by atoms with Crippen LogP contribution in [0.25, 0.3) is 11.1 Å². The SMILES string of the molecule is O=C(O)C#Cc1ccc(-c2ccc(OC(F)F)cc2)c(C(F)(F)F)c1. The minimum Gasteiger partial charge on any atom is -0.472 e. The van der Waals surface area contributed by atoms with Crippen molar-refractivity contribution in [3.8, 4) is 28.7 Å². The number of halogens is 5. The molecule has 1 N–H and O–H groups in total. The Balaban J connectivity index is 2.47. The van der Waals surface area contributed by atoms with Gasteiger partial charge in [-0.1, -0.05) is 24.1 Å². The van der Waals surface area contributed by atoms with Crippen LogP contribution in [0.5, 0.6) is 5.75 Å². The van der Waals surface area contributed by atoms with E-state index in [-0.39, 0.29) is 22.4 Å². The van der Waals surface area contributed by atoms with Gasteiger partial charge >= 0.3 is 18.8 Å². The predicted octanol–water partition coefficient (Wildman–Crippen LogP) is 4.41. The van der Waals surface area contributed by atoms with Gasteiger partial charge in [-0.25, -0.2) is 4.79 Å². The molecule has 25 heavy (non-hydrogen) atoms. The van der Waals surface area contributed by atoms with E-state index in [1.165, 1.54) is 18.2 Å². The average Bonchev–Trinajstić information content (AvgIpc) is 2.52. The number of alkyl halides is 5. The van der Waals surface area contributed by atoms with E-state index in [2.05, 4.69) is 10.7 Å². The second-order valence-electron chi connectivity index (χ2n) is 4.72. The van der Waals surface area contributed by atoms with E-state index in [1.54, 1.807) is 5.92 Å². The molecule has 0 radical (unpaired) electrons. The Labute approximate surface area is 138 Å². The number of hydrogen-bond donors (Lipinski definition) is 1. The molecule has 0 aliphatic rings. The number of rotatable bonds is 3. The van der Waals surface area contributed by atoms with Crippen LogP contribution in [-0.2, 0) is 11.0 Å². The van der Waals surface area contributed by atoms with E-state index in [9.17, 15) is 26.7 Å². The van der Waals surface area contributed by atoms with Crippen molar-refractivity contribution in [3.05, 3.63) is 53.6 Å². The average molecular weight is 356 g/mol. The lowest BCUT2D eigenvalue weighted by Gasteiger charge is -2.14. The summed E-state index contributed by atoms with van der Waals surface area (Å²) in [5.74, 6) is 2.20. The number of carboxylic acid groups (broad SMARTS) is 1. The lowest BCUT2D eigenvalue weighted by molar-refractivity contribution is -0.137. The van der Waals surface area contributed by atoms with Crippen molar-refractivity contribution < 1.29 is 36.6 Å². The third kappa shape index (κ3) is 4.94. The van der Waals surface area contributed by atoms with Crippen molar-refractivity contribution in [2.24, 2.45) is 0 Å². The topological polar surface area (TPSA) is 46.5 Å². The molecule has 0 aliphatic heterocycles. The van der Waals surface area contributed by atoms with Gasteiger partial charge in [-0.3, -0.25) is 0 Å². The van der Waals surface area contributed by atoms with Crippen molar-refractivity contribution in [2.75, 3.05) is 0 Å². The fraction of sp³-hybridized carbons (Fsp3) is 0.118. The van der Waals surface area contributed by atoms with Crippen molar-refractivity contribution in [3.63, 3.8) is 0 Å². The minimum atomic E-state index is -4.71. The molecule has 0 atom stereocenters. The molecule has 3 nitrogen and oxygen atoms in total. The Morgan fingerprint density at radius 3 is 2.24 bits per heavy atom. The standard InChI is InChI=1S/C17H9F5O3/c18-16(19)25-12-5-3-11(4-6-12)13-7-1-10(2-8-15(23)24)9-14(13)17(20,21)22/h1,3-7,9,16H,(H,23,24). The molecule has 0 aliphatic carbocycles. The summed E-state index contributed by atoms with van der Waals surface area (Å²) in [6.07, 6.45) is -4.71. The third-order valence-corrected chi connectivity index (χ3v) is 3.03. The molecule has 2 aromatic rings. The van der Waals surface area contributed by atoms with Crippen LogP contribution in [0.15, 0.2) is 42.5 Å². The highest BCUT2D eigenvalue weighted by Crippen LogP contribution is 2.38. The summed E-state index contributed by atoms with van der Waals surface area (Å²) < 4.78 is 68.2. The quantitative estimate of drug-likeness (QED) is 0.655. The summed E-state index contributed by atoms with van der Waals surface area (Å²) >= 11 is 0. The summed E-state index contributed by atoms with van der Waals surface area (Å²) in [4.78, 5) is 10.4. The molecule has 0 fully saturated rings. The minimum absolute atomic E-state index is 0.115. The van der Waals surface area contributed by atoms with Crippen LogP contribution in [-0.4, -0.2) is 17.7 Å². The Morgan fingerprint density at radius 2 is 1.72 bits per heavy atom. The van der Waals surface area contributed by atoms with Gasteiger partial charge in [-0.2, -0.15) is 22.0 Å². The molecule has 0 aromatic heterocycles. The van der Waals surface area contributed by atoms with Crippen LogP contribution < -0.4 is 4.74 Å². The van der Waals surface area contributed by atoms with Crippen LogP contribution in [0.1, 0.15) is 11.1 Å². The van der Waals surface area contributed by atoms with Crippen molar-refractivity contribution in [2.45, 2.75) is 12.8 Å². The van der Waals surface area contributed by atoms with Gasteiger partial charge < -0.3 is 9.84 Å². The van der Waals surface area contributed by atoms with Crippen LogP contribution >= 0.6 is 0 Å². The summed E-state index contributed by atoms with van der Waals surface area (Å²) in [5, 5.41) is 8.46. The first-order chi connectivity index (χ1) is 11.7. The second kappa shape index (κ2) is 7.21. The van der Waals surface area contributed by atoms with Gasteiger partial charge in [0.1, 0.15) is 5.75 Å². The number of hydrogen-bond acceptors (Lipinski definition) is 2. The molecular weight excluding hydrogens is 347 g/mol. The van der Waals surface area contributed by atoms with E-state index in [0.29, 0.717) is 0 Å². The van der Waals surface area contributed by atoms with E-state index < -0.39 is 24.3 Å². The van der Waals surface area contributed by atoms with E-state index in [1.807, 2.05) is 0 Å². The fourth-order valence-electron chi connectivity index (χ4n) is 2.05. The predicted molar refractivity (Wildman–Crippen MR) is 78.0 cm³/mol. The van der Waals surface area contributed by atoms with Gasteiger partial charge in [0.15, 0.2) is 0 Å². The first-order valence-corrected chi connectivity index (χ1v) is 6.68. The van der Waals surface area contributed by atoms with E-state index >= 15 is 0 Å². The van der Waals surface area contributed by atoms with E-state index in [4.69, 9.17) is 5.11 Å². The first-order valence-electron chi connectivity index (χ1n) is 6.68. The Hall–Kier alpha value is -3.08. The Morgan fingerprint density at radius 1 is 1.08 bits per heavy atom. The van der Waals surface area contributed by atoms with Gasteiger partial charge in [0.2, 0.25) is 0 Å². The molecule has 0 amide bonds. The van der Waals surface area contributed by atoms with Crippen molar-refractivity contribution in [1.82, 2.24) is 0 Å². The summed E-state index contributed by atoms with van der Waals surface area (Å²) in [5.41, 5.74) is -1.20. The monoisotopic (exact) mass is 356 g/mol. The van der Waals surface area contributed by atoms with Crippen molar-refractivity contribution in [1.29, 1.82) is 0 Å². The Kier molecular flexibility index (Phi) is 5.27. The number of carboxylic acids is 1. The maximum atomic E-state index is 13.3. The molecule has 8 heteroatoms. The largest absolute Gasteiger partial charge is 0.472 e. The number of aliphatic carboxylic acids is 1. The molecule has 130 valence electrons. The van der Waals surface area contributed by atoms with Crippen LogP contribution in [0.2, 0.25) is 0 Å². The molecular formula is C17H9F5O3. The highest BCUT2D eigenvalue weighted by atomic mass is 19.4. The second-order valence-corrected chi connectivity index (χ2v) is 4.72. The van der Waals surface area contributed by atoms with Crippen molar-refractivity contribution >= 4 is 5.97 Å². The third-order valence-electron chi connectivity index (χ3n) is 3.03. The summed E-state index contributed by atoms with van der Waals surface area (Å²) in [6.45, 7) is -3.04. The molecule has 0 saturated carbocycles. The zero-order chi connectivity index (χ0) is 18.6. The van der Waals surface area contributed by atoms with Gasteiger partial charge in [0.25, 0.3) is 0 Å². The lowest BCUT2D eigenvalue weighted by atomic mass is 9.97. The summed E-state index contributed by atoms with van der Waals surface area (Å²) in [7, 11) is 0. The molecule has 0 heterocycles. The van der Waals surface area contributed by atoms with Crippen LogP contribution in [0, 0.1) is 11.8 Å². The molecule has 0 unspecified atom stereocenters. The normalized spacial score (nSPS) is 11.0. The Bertz CT molecular complexity index is 830. The van der Waals surface area contributed by atoms with Crippen LogP contribution in [0.3, 0.4) is 0 Å². The summed E-state index contributed by atoms with van der Waals surface area (Å²) in [6, 6.07) is 7.78. The van der Waals surface area contributed by atoms with E-state index in [0.717, 1.165) is 24.3 Å². The smallest absolute Gasteiger partial charge is 0.417 e. The highest BCUT2D eigenvalue weighted by molar-refractivity contribution is 5.87. The fourth-order valence-corrected chi connectivity index (χ4v) is 2.05. The molecule has 0 saturated heterocycles. The molecule has 2 rings (SSSR count). The lowest BCUT2D eigenvalue weighted by Crippen LogP contribution is -2.08.